The quantitative estimate of drug-likeness (QED) is 0.134. The van der Waals surface area contributed by atoms with E-state index in [-0.39, 0.29) is 31.5 Å². The third-order valence-electron chi connectivity index (χ3n) is 8.41. The zero-order valence-corrected chi connectivity index (χ0v) is 30.4. The Morgan fingerprint density at radius 3 is 2.23 bits per heavy atom. The number of nitrogens with two attached hydrogens (primary N) is 1. The lowest BCUT2D eigenvalue weighted by molar-refractivity contribution is -0.140. The first-order chi connectivity index (χ1) is 24.6. The monoisotopic (exact) mass is 724 g/mol. The van der Waals surface area contributed by atoms with Crippen LogP contribution in [0.25, 0.3) is 11.1 Å². The van der Waals surface area contributed by atoms with E-state index in [1.165, 1.54) is 4.90 Å². The van der Waals surface area contributed by atoms with Gasteiger partial charge < -0.3 is 36.3 Å². The van der Waals surface area contributed by atoms with Gasteiger partial charge in [-0.2, -0.15) is 0 Å². The van der Waals surface area contributed by atoms with Crippen molar-refractivity contribution in [2.24, 2.45) is 11.1 Å². The Kier molecular flexibility index (Phi) is 15.0. The Balaban J connectivity index is 2.08. The normalized spacial score (nSPS) is 13.1. The van der Waals surface area contributed by atoms with Gasteiger partial charge in [0.1, 0.15) is 30.3 Å². The number of benzene rings is 2. The van der Waals surface area contributed by atoms with Gasteiger partial charge in [-0.3, -0.25) is 24.0 Å². The number of aromatic nitrogens is 1. The molecule has 2 aromatic carbocycles. The average Bonchev–Trinajstić information content (AvgIpc) is 3.48. The van der Waals surface area contributed by atoms with Crippen LogP contribution in [-0.4, -0.2) is 75.9 Å². The van der Waals surface area contributed by atoms with Gasteiger partial charge in [-0.25, -0.2) is 8.78 Å². The first kappa shape index (κ1) is 41.3. The number of carbonyl (C=O) groups is 5. The van der Waals surface area contributed by atoms with Crippen molar-refractivity contribution in [2.75, 3.05) is 19.7 Å². The molecular formula is C38H50F2N6O6. The molecule has 14 heteroatoms. The fourth-order valence-electron chi connectivity index (χ4n) is 6.11. The summed E-state index contributed by atoms with van der Waals surface area (Å²) < 4.78 is 31.3. The molecule has 52 heavy (non-hydrogen) atoms. The maximum absolute atomic E-state index is 15.1. The van der Waals surface area contributed by atoms with Crippen LogP contribution in [0.4, 0.5) is 8.78 Å². The summed E-state index contributed by atoms with van der Waals surface area (Å²) in [7, 11) is 0. The van der Waals surface area contributed by atoms with E-state index in [1.54, 1.807) is 26.1 Å². The minimum absolute atomic E-state index is 0.0244. The van der Waals surface area contributed by atoms with Gasteiger partial charge in [0, 0.05) is 49.1 Å². The highest BCUT2D eigenvalue weighted by Gasteiger charge is 2.38. The second kappa shape index (κ2) is 18.9. The topological polar surface area (TPSA) is 176 Å². The van der Waals surface area contributed by atoms with Crippen LogP contribution in [0.3, 0.4) is 0 Å². The van der Waals surface area contributed by atoms with Gasteiger partial charge in [-0.1, -0.05) is 58.0 Å². The summed E-state index contributed by atoms with van der Waals surface area (Å²) in [5.74, 6) is -4.64. The van der Waals surface area contributed by atoms with E-state index in [2.05, 4.69) is 16.0 Å². The number of nitrogens with zero attached hydrogens (tertiary/aromatic N) is 2. The van der Waals surface area contributed by atoms with E-state index < -0.39 is 77.7 Å². The molecule has 0 fully saturated rings. The van der Waals surface area contributed by atoms with Crippen molar-refractivity contribution >= 4 is 29.5 Å². The number of primary amides is 1. The smallest absolute Gasteiger partial charge is 0.248 e. The van der Waals surface area contributed by atoms with Gasteiger partial charge >= 0.3 is 0 Å². The fraction of sp³-hybridized carbons (Fsp3) is 0.447. The maximum atomic E-state index is 15.1. The molecule has 1 heterocycles. The summed E-state index contributed by atoms with van der Waals surface area (Å²) in [6, 6.07) is 10.9. The van der Waals surface area contributed by atoms with Crippen molar-refractivity contribution in [1.82, 2.24) is 25.4 Å². The van der Waals surface area contributed by atoms with E-state index in [4.69, 9.17) is 5.73 Å². The summed E-state index contributed by atoms with van der Waals surface area (Å²) in [6.07, 6.45) is 1.65. The van der Waals surface area contributed by atoms with Crippen molar-refractivity contribution in [3.8, 4) is 11.1 Å². The number of aliphatic hydroxyl groups excluding tert-OH is 1. The molecule has 0 aliphatic rings. The number of nitrogens with one attached hydrogen (secondary N) is 3. The van der Waals surface area contributed by atoms with E-state index in [0.717, 1.165) is 23.8 Å². The minimum atomic E-state index is -1.34. The number of hydrogen-bond acceptors (Lipinski definition) is 6. The highest BCUT2D eigenvalue weighted by molar-refractivity contribution is 5.94. The van der Waals surface area contributed by atoms with E-state index >= 15 is 4.39 Å². The second-order valence-electron chi connectivity index (χ2n) is 13.7. The maximum Gasteiger partial charge on any atom is 0.248 e. The Labute approximate surface area is 303 Å². The average molecular weight is 725 g/mol. The highest BCUT2D eigenvalue weighted by atomic mass is 19.1. The SMILES string of the molecule is CCCC(=O)N[C@@H](CC(N)=O)C(=O)N[C@@H](CCN(C(=O)CO)[C@@H](c1cc(-c2cc(F)ccc2F)cn1Cc1ccccc1)C(C)(C)C)C(=O)NCC. The molecule has 3 aromatic rings. The molecule has 0 bridgehead atoms. The summed E-state index contributed by atoms with van der Waals surface area (Å²) in [6.45, 7) is 8.62. The lowest BCUT2D eigenvalue weighted by atomic mass is 9.82. The second-order valence-corrected chi connectivity index (χ2v) is 13.7. The van der Waals surface area contributed by atoms with Crippen LogP contribution in [0, 0.1) is 17.0 Å². The summed E-state index contributed by atoms with van der Waals surface area (Å²) >= 11 is 0. The van der Waals surface area contributed by atoms with Crippen molar-refractivity contribution in [2.45, 2.75) is 85.0 Å². The predicted octanol–water partition coefficient (Wildman–Crippen LogP) is 3.56. The van der Waals surface area contributed by atoms with Crippen LogP contribution in [-0.2, 0) is 30.5 Å². The van der Waals surface area contributed by atoms with Crippen LogP contribution in [0.2, 0.25) is 0 Å². The van der Waals surface area contributed by atoms with Crippen molar-refractivity contribution in [3.05, 3.63) is 83.7 Å². The highest BCUT2D eigenvalue weighted by Crippen LogP contribution is 2.41. The van der Waals surface area contributed by atoms with E-state index in [0.29, 0.717) is 24.2 Å². The molecule has 282 valence electrons. The number of aliphatic hydroxyl groups is 1. The molecule has 0 saturated heterocycles. The first-order valence-corrected chi connectivity index (χ1v) is 17.3. The molecule has 0 aliphatic heterocycles. The summed E-state index contributed by atoms with van der Waals surface area (Å²) in [5.41, 5.74) is 6.47. The van der Waals surface area contributed by atoms with Crippen molar-refractivity contribution in [3.63, 3.8) is 0 Å². The predicted molar refractivity (Wildman–Crippen MR) is 192 cm³/mol. The lowest BCUT2D eigenvalue weighted by Gasteiger charge is -2.41. The Morgan fingerprint density at radius 1 is 0.942 bits per heavy atom. The largest absolute Gasteiger partial charge is 0.387 e. The minimum Gasteiger partial charge on any atom is -0.387 e. The van der Waals surface area contributed by atoms with Crippen LogP contribution in [0.1, 0.15) is 77.6 Å². The zero-order valence-electron chi connectivity index (χ0n) is 30.4. The van der Waals surface area contributed by atoms with E-state index in [9.17, 15) is 33.5 Å². The summed E-state index contributed by atoms with van der Waals surface area (Å²) in [4.78, 5) is 65.8. The first-order valence-electron chi connectivity index (χ1n) is 17.3. The number of carbonyl (C=O) groups excluding carboxylic acids is 5. The van der Waals surface area contributed by atoms with Crippen LogP contribution >= 0.6 is 0 Å². The van der Waals surface area contributed by atoms with Gasteiger partial charge in [0.2, 0.25) is 29.5 Å². The van der Waals surface area contributed by atoms with Gasteiger partial charge in [0.25, 0.3) is 0 Å². The van der Waals surface area contributed by atoms with Gasteiger partial charge in [-0.15, -0.1) is 0 Å². The molecule has 0 spiro atoms. The van der Waals surface area contributed by atoms with Gasteiger partial charge in [0.05, 0.1) is 12.5 Å². The number of hydrogen-bond donors (Lipinski definition) is 5. The molecule has 12 nitrogen and oxygen atoms in total. The molecule has 3 atom stereocenters. The number of halogens is 2. The molecule has 0 radical (unpaired) electrons. The fourth-order valence-corrected chi connectivity index (χ4v) is 6.11. The molecule has 0 saturated carbocycles. The molecular weight excluding hydrogens is 674 g/mol. The third-order valence-corrected chi connectivity index (χ3v) is 8.41. The van der Waals surface area contributed by atoms with Crippen LogP contribution in [0.15, 0.2) is 60.8 Å². The number of rotatable bonds is 18. The Bertz CT molecular complexity index is 1710. The number of amides is 5. The molecule has 6 N–H and O–H groups in total. The standard InChI is InChI=1S/C38H50F2N6O6/c1-6-11-33(49)43-30(20-32(41)48)37(52)44-29(36(51)42-7-2)16-17-46(34(50)23-47)35(38(3,4)5)31-18-25(27-19-26(39)14-15-28(27)40)22-45(31)21-24-12-9-8-10-13-24/h8-10,12-15,18-19,22,29-30,35,47H,6-7,11,16-17,20-21,23H2,1-5H3,(H2,41,48)(H,42,51)(H,43,49)(H,44,52)/t29-,30-,35-/m0/s1. The lowest BCUT2D eigenvalue weighted by Crippen LogP contribution is -2.55. The van der Waals surface area contributed by atoms with Crippen LogP contribution in [0.5, 0.6) is 0 Å². The summed E-state index contributed by atoms with van der Waals surface area (Å²) in [5, 5.41) is 18.0. The van der Waals surface area contributed by atoms with Crippen LogP contribution < -0.4 is 21.7 Å². The Hall–Kier alpha value is -5.11. The third kappa shape index (κ3) is 11.5. The molecule has 1 aromatic heterocycles. The van der Waals surface area contributed by atoms with Gasteiger partial charge in [-0.05, 0) is 55.0 Å². The molecule has 3 rings (SSSR count). The zero-order chi connectivity index (χ0) is 38.6. The Morgan fingerprint density at radius 2 is 1.63 bits per heavy atom. The van der Waals surface area contributed by atoms with Crippen molar-refractivity contribution < 1.29 is 37.9 Å². The molecule has 5 amide bonds. The van der Waals surface area contributed by atoms with Gasteiger partial charge in [0.15, 0.2) is 0 Å². The van der Waals surface area contributed by atoms with E-state index in [1.807, 2.05) is 55.7 Å². The number of likely N-dealkylation sites (N-methyl/N-ethyl adjacent to an activating group) is 1. The van der Waals surface area contributed by atoms with Crippen molar-refractivity contribution in [1.29, 1.82) is 0 Å². The molecule has 0 aliphatic carbocycles. The molecule has 0 unspecified atom stereocenters.